The van der Waals surface area contributed by atoms with E-state index in [9.17, 15) is 22.0 Å². The van der Waals surface area contributed by atoms with Crippen molar-refractivity contribution in [1.29, 1.82) is 0 Å². The van der Waals surface area contributed by atoms with Crippen LogP contribution in [0.4, 0.5) is 22.0 Å². The minimum atomic E-state index is -5.69. The number of halogens is 5. The summed E-state index contributed by atoms with van der Waals surface area (Å²) in [6.45, 7) is 0. The summed E-state index contributed by atoms with van der Waals surface area (Å²) >= 11 is 0. The van der Waals surface area contributed by atoms with Crippen LogP contribution in [-0.4, -0.2) is 38.0 Å². The van der Waals surface area contributed by atoms with Crippen molar-refractivity contribution in [3.8, 4) is 0 Å². The standard InChI is InChI=1S/C2F5OP.Bi.2H/c3-1(4,5)2(6,7)9-8;;;/p+1. The molecule has 8 heteroatoms. The maximum atomic E-state index is 11.2. The van der Waals surface area contributed by atoms with E-state index in [4.69, 9.17) is 4.57 Å². The molecule has 0 aliphatic carbocycles. The van der Waals surface area contributed by atoms with Gasteiger partial charge in [0.05, 0.1) is 0 Å². The molecule has 0 aliphatic rings. The molecule has 0 N–H and O–H groups in total. The number of hydrogen-bond donors (Lipinski definition) is 0. The molecule has 1 radical (unpaired) electrons. The molecule has 1 atom stereocenters. The van der Waals surface area contributed by atoms with Crippen LogP contribution in [-0.2, 0) is 4.57 Å². The summed E-state index contributed by atoms with van der Waals surface area (Å²) in [6, 6.07) is 0. The number of rotatable bonds is 1. The van der Waals surface area contributed by atoms with E-state index in [1.165, 1.54) is 0 Å². The first-order chi connectivity index (χ1) is 3.81. The molecule has 0 rings (SSSR count). The molecule has 0 aromatic heterocycles. The van der Waals surface area contributed by atoms with Crippen molar-refractivity contribution in [2.45, 2.75) is 11.8 Å². The molecule has 61 valence electrons. The second-order valence-corrected chi connectivity index (χ2v) is 2.01. The molecule has 0 saturated carbocycles. The Hall–Kier alpha value is 0.633. The third-order valence-electron chi connectivity index (χ3n) is 0.484. The molecule has 1 nitrogen and oxygen atoms in total. The summed E-state index contributed by atoms with van der Waals surface area (Å²) in [5, 5.41) is 0. The Morgan fingerprint density at radius 3 is 1.30 bits per heavy atom. The van der Waals surface area contributed by atoms with Crippen molar-refractivity contribution < 1.29 is 26.5 Å². The zero-order valence-electron chi connectivity index (χ0n) is 4.38. The van der Waals surface area contributed by atoms with E-state index in [0.29, 0.717) is 0 Å². The number of hydrogen-bond acceptors (Lipinski definition) is 1. The SMILES string of the molecule is O=[PH+]C(F)(F)C(F)(F)F.[BiH2]. The Balaban J connectivity index is 0. The zero-order chi connectivity index (χ0) is 7.71. The summed E-state index contributed by atoms with van der Waals surface area (Å²) in [4.78, 5) is 0. The van der Waals surface area contributed by atoms with Gasteiger partial charge in [-0.2, -0.15) is 13.2 Å². The third kappa shape index (κ3) is 3.15. The Morgan fingerprint density at radius 2 is 1.30 bits per heavy atom. The van der Waals surface area contributed by atoms with Gasteiger partial charge in [0.15, 0.2) is 0 Å². The van der Waals surface area contributed by atoms with Gasteiger partial charge in [0.25, 0.3) is 0 Å². The summed E-state index contributed by atoms with van der Waals surface area (Å²) < 4.78 is 64.3. The average Bonchev–Trinajstić information content (AvgIpc) is 1.64. The van der Waals surface area contributed by atoms with Gasteiger partial charge < -0.3 is 0 Å². The normalized spacial score (nSPS) is 12.9. The molecule has 0 aromatic carbocycles. The van der Waals surface area contributed by atoms with E-state index in [2.05, 4.69) is 0 Å². The molecule has 0 heterocycles. The topological polar surface area (TPSA) is 17.1 Å². The second-order valence-electron chi connectivity index (χ2n) is 1.17. The molecule has 0 aliphatic heterocycles. The maximum absolute atomic E-state index is 11.2. The van der Waals surface area contributed by atoms with Crippen LogP contribution < -0.4 is 0 Å². The van der Waals surface area contributed by atoms with Crippen LogP contribution in [0.15, 0.2) is 0 Å². The predicted molar refractivity (Wildman–Crippen MR) is 28.5 cm³/mol. The first-order valence-corrected chi connectivity index (χ1v) is 2.56. The molecule has 0 aromatic rings. The van der Waals surface area contributed by atoms with Crippen LogP contribution in [0, 0.1) is 0 Å². The van der Waals surface area contributed by atoms with E-state index in [0.717, 1.165) is 0 Å². The van der Waals surface area contributed by atoms with Gasteiger partial charge in [-0.1, -0.05) is 4.57 Å². The van der Waals surface area contributed by atoms with E-state index < -0.39 is 20.3 Å². The van der Waals surface area contributed by atoms with Gasteiger partial charge in [0, 0.05) is 0 Å². The van der Waals surface area contributed by atoms with E-state index in [1.54, 1.807) is 0 Å². The van der Waals surface area contributed by atoms with Gasteiger partial charge in [-0.05, 0) is 0 Å². The Bertz CT molecular complexity index is 121. The Labute approximate surface area is 73.3 Å². The van der Waals surface area contributed by atoms with Gasteiger partial charge in [-0.3, -0.25) is 0 Å². The average molecular weight is 378 g/mol. The third-order valence-corrected chi connectivity index (χ3v) is 1.02. The molecule has 0 saturated heterocycles. The van der Waals surface area contributed by atoms with Crippen LogP contribution in [0.3, 0.4) is 0 Å². The summed E-state index contributed by atoms with van der Waals surface area (Å²) in [6.07, 6.45) is -5.69. The predicted octanol–water partition coefficient (Wildman–Crippen LogP) is 1.25. The van der Waals surface area contributed by atoms with Gasteiger partial charge in [-0.25, -0.2) is 0 Å². The van der Waals surface area contributed by atoms with Crippen molar-refractivity contribution in [3.05, 3.63) is 0 Å². The molecule has 0 fully saturated rings. The van der Waals surface area contributed by atoms with Gasteiger partial charge in [-0.15, -0.1) is 8.78 Å². The van der Waals surface area contributed by atoms with E-state index >= 15 is 0 Å². The Kier molecular flexibility index (Phi) is 5.11. The van der Waals surface area contributed by atoms with Crippen molar-refractivity contribution in [1.82, 2.24) is 0 Å². The van der Waals surface area contributed by atoms with Crippen molar-refractivity contribution in [2.75, 3.05) is 0 Å². The second kappa shape index (κ2) is 3.86. The quantitative estimate of drug-likeness (QED) is 0.382. The van der Waals surface area contributed by atoms with Crippen molar-refractivity contribution in [2.24, 2.45) is 0 Å². The minimum absolute atomic E-state index is 0. The van der Waals surface area contributed by atoms with Crippen LogP contribution in [0.25, 0.3) is 0 Å². The monoisotopic (exact) mass is 378 g/mol. The van der Waals surface area contributed by atoms with Gasteiger partial charge in [0.2, 0.25) is 0 Å². The van der Waals surface area contributed by atoms with Gasteiger partial charge in [0.1, 0.15) is 0 Å². The fraction of sp³-hybridized carbons (Fsp3) is 1.00. The summed E-state index contributed by atoms with van der Waals surface area (Å²) in [7, 11) is -2.67. The molecular weight excluding hydrogens is 375 g/mol. The van der Waals surface area contributed by atoms with Gasteiger partial charge >= 0.3 is 46.5 Å². The fourth-order valence-electron chi connectivity index (χ4n) is 0.0579. The van der Waals surface area contributed by atoms with Crippen LogP contribution in [0.1, 0.15) is 0 Å². The first kappa shape index (κ1) is 13.2. The van der Waals surface area contributed by atoms with Crippen molar-refractivity contribution in [3.63, 3.8) is 0 Å². The molecule has 0 spiro atoms. The summed E-state index contributed by atoms with van der Waals surface area (Å²) in [5.74, 6) is 0. The molecule has 0 amide bonds. The zero-order valence-corrected chi connectivity index (χ0v) is 9.86. The van der Waals surface area contributed by atoms with Crippen LogP contribution in [0.5, 0.6) is 0 Å². The molecule has 1 unspecified atom stereocenters. The fourth-order valence-corrected chi connectivity index (χ4v) is 0.174. The van der Waals surface area contributed by atoms with E-state index in [-0.39, 0.29) is 26.2 Å². The molecular formula is C2H3BiF5OP+. The Morgan fingerprint density at radius 1 is 1.00 bits per heavy atom. The van der Waals surface area contributed by atoms with Crippen LogP contribution in [0.2, 0.25) is 0 Å². The van der Waals surface area contributed by atoms with E-state index in [1.807, 2.05) is 0 Å². The molecule has 0 bridgehead atoms. The van der Waals surface area contributed by atoms with Crippen molar-refractivity contribution >= 4 is 34.7 Å². The number of alkyl halides is 5. The molecule has 10 heavy (non-hydrogen) atoms. The van der Waals surface area contributed by atoms with Crippen LogP contribution >= 0.6 is 8.46 Å². The summed E-state index contributed by atoms with van der Waals surface area (Å²) in [5.41, 5.74) is -5.05. The first-order valence-electron chi connectivity index (χ1n) is 1.65.